The number of halogens is 1. The van der Waals surface area contributed by atoms with Gasteiger partial charge in [-0.05, 0) is 30.9 Å². The lowest BCUT2D eigenvalue weighted by Crippen LogP contribution is -2.14. The average Bonchev–Trinajstić information content (AvgIpc) is 2.99. The molecule has 1 aliphatic rings. The molecule has 1 saturated carbocycles. The second-order valence-corrected chi connectivity index (χ2v) is 3.82. The van der Waals surface area contributed by atoms with Gasteiger partial charge in [0.1, 0.15) is 5.82 Å². The van der Waals surface area contributed by atoms with Crippen molar-refractivity contribution >= 4 is 5.69 Å². The molecule has 15 heavy (non-hydrogen) atoms. The van der Waals surface area contributed by atoms with Crippen molar-refractivity contribution in [2.24, 2.45) is 11.7 Å². The number of nitrogens with two attached hydrogens (primary N) is 1. The first-order valence-electron chi connectivity index (χ1n) is 4.79. The minimum Gasteiger partial charge on any atom is -0.324 e. The van der Waals surface area contributed by atoms with E-state index in [9.17, 15) is 14.5 Å². The van der Waals surface area contributed by atoms with Crippen LogP contribution in [0.5, 0.6) is 0 Å². The lowest BCUT2D eigenvalue weighted by atomic mass is 10.0. The van der Waals surface area contributed by atoms with Crippen molar-refractivity contribution in [3.63, 3.8) is 0 Å². The quantitative estimate of drug-likeness (QED) is 0.613. The number of benzene rings is 1. The zero-order valence-electron chi connectivity index (χ0n) is 8.02. The smallest absolute Gasteiger partial charge is 0.277 e. The van der Waals surface area contributed by atoms with E-state index in [1.165, 1.54) is 12.1 Å². The van der Waals surface area contributed by atoms with Crippen molar-refractivity contribution in [1.82, 2.24) is 0 Å². The summed E-state index contributed by atoms with van der Waals surface area (Å²) >= 11 is 0. The fourth-order valence-corrected chi connectivity index (χ4v) is 1.67. The Balaban J connectivity index is 2.40. The van der Waals surface area contributed by atoms with Crippen molar-refractivity contribution in [3.05, 3.63) is 39.7 Å². The summed E-state index contributed by atoms with van der Waals surface area (Å²) in [7, 11) is 0. The van der Waals surface area contributed by atoms with Gasteiger partial charge in [-0.25, -0.2) is 4.39 Å². The molecule has 80 valence electrons. The van der Waals surface area contributed by atoms with Gasteiger partial charge in [-0.3, -0.25) is 10.1 Å². The minimum atomic E-state index is -0.603. The Morgan fingerprint density at radius 1 is 1.53 bits per heavy atom. The molecule has 1 aliphatic carbocycles. The van der Waals surface area contributed by atoms with Crippen molar-refractivity contribution in [1.29, 1.82) is 0 Å². The third-order valence-electron chi connectivity index (χ3n) is 2.68. The summed E-state index contributed by atoms with van der Waals surface area (Å²) in [5.41, 5.74) is 6.08. The van der Waals surface area contributed by atoms with Crippen LogP contribution in [-0.2, 0) is 0 Å². The molecule has 1 aromatic carbocycles. The summed E-state index contributed by atoms with van der Waals surface area (Å²) in [5.74, 6) is -0.289. The third-order valence-corrected chi connectivity index (χ3v) is 2.68. The number of rotatable bonds is 3. The van der Waals surface area contributed by atoms with Crippen LogP contribution < -0.4 is 5.73 Å². The van der Waals surface area contributed by atoms with E-state index in [-0.39, 0.29) is 11.7 Å². The van der Waals surface area contributed by atoms with E-state index in [4.69, 9.17) is 5.73 Å². The molecule has 0 amide bonds. The average molecular weight is 210 g/mol. The molecule has 5 heteroatoms. The first-order chi connectivity index (χ1) is 7.09. The molecule has 1 aromatic rings. The van der Waals surface area contributed by atoms with Gasteiger partial charge in [-0.2, -0.15) is 0 Å². The predicted molar refractivity (Wildman–Crippen MR) is 52.7 cm³/mol. The van der Waals surface area contributed by atoms with Crippen LogP contribution >= 0.6 is 0 Å². The number of nitro benzene ring substituents is 1. The summed E-state index contributed by atoms with van der Waals surface area (Å²) in [4.78, 5) is 10.1. The van der Waals surface area contributed by atoms with Crippen LogP contribution in [0.15, 0.2) is 18.2 Å². The zero-order valence-corrected chi connectivity index (χ0v) is 8.02. The summed E-state index contributed by atoms with van der Waals surface area (Å²) in [6, 6.07) is 3.21. The van der Waals surface area contributed by atoms with Gasteiger partial charge in [0.15, 0.2) is 0 Å². The van der Waals surface area contributed by atoms with Crippen molar-refractivity contribution in [2.75, 3.05) is 0 Å². The van der Waals surface area contributed by atoms with Crippen LogP contribution in [0, 0.1) is 21.8 Å². The Kier molecular flexibility index (Phi) is 2.40. The SMILES string of the molecule is N[C@@H](c1ccc(F)cc1[N+](=O)[O-])C1CC1. The largest absolute Gasteiger partial charge is 0.324 e. The van der Waals surface area contributed by atoms with Gasteiger partial charge in [-0.15, -0.1) is 0 Å². The molecular weight excluding hydrogens is 199 g/mol. The maximum absolute atomic E-state index is 12.8. The first kappa shape index (κ1) is 10.0. The standard InChI is InChI=1S/C10H11FN2O2/c11-7-3-4-8(9(5-7)13(14)15)10(12)6-1-2-6/h3-6,10H,1-2,12H2/t10-/m1/s1. The first-order valence-corrected chi connectivity index (χ1v) is 4.79. The minimum absolute atomic E-state index is 0.214. The van der Waals surface area contributed by atoms with Gasteiger partial charge in [0, 0.05) is 11.6 Å². The van der Waals surface area contributed by atoms with Crippen LogP contribution in [0.1, 0.15) is 24.4 Å². The lowest BCUT2D eigenvalue weighted by molar-refractivity contribution is -0.386. The monoisotopic (exact) mass is 210 g/mol. The maximum atomic E-state index is 12.8. The molecule has 2 rings (SSSR count). The number of hydrogen-bond acceptors (Lipinski definition) is 3. The van der Waals surface area contributed by atoms with Gasteiger partial charge >= 0.3 is 0 Å². The molecule has 0 saturated heterocycles. The fourth-order valence-electron chi connectivity index (χ4n) is 1.67. The molecule has 0 aliphatic heterocycles. The highest BCUT2D eigenvalue weighted by molar-refractivity contribution is 5.43. The van der Waals surface area contributed by atoms with Crippen molar-refractivity contribution in [2.45, 2.75) is 18.9 Å². The highest BCUT2D eigenvalue weighted by atomic mass is 19.1. The molecule has 0 aromatic heterocycles. The normalized spacial score (nSPS) is 17.5. The molecular formula is C10H11FN2O2. The Bertz CT molecular complexity index is 404. The fraction of sp³-hybridized carbons (Fsp3) is 0.400. The van der Waals surface area contributed by atoms with E-state index in [0.29, 0.717) is 11.5 Å². The second kappa shape index (κ2) is 3.58. The Morgan fingerprint density at radius 3 is 2.73 bits per heavy atom. The number of nitrogens with zero attached hydrogens (tertiary/aromatic N) is 1. The molecule has 2 N–H and O–H groups in total. The Morgan fingerprint density at radius 2 is 2.20 bits per heavy atom. The number of hydrogen-bond donors (Lipinski definition) is 1. The molecule has 0 unspecified atom stereocenters. The Hall–Kier alpha value is -1.49. The molecule has 4 nitrogen and oxygen atoms in total. The van der Waals surface area contributed by atoms with Gasteiger partial charge in [0.25, 0.3) is 5.69 Å². The van der Waals surface area contributed by atoms with Crippen LogP contribution in [0.3, 0.4) is 0 Å². The molecule has 1 atom stereocenters. The van der Waals surface area contributed by atoms with E-state index in [0.717, 1.165) is 18.9 Å². The van der Waals surface area contributed by atoms with E-state index >= 15 is 0 Å². The van der Waals surface area contributed by atoms with E-state index in [1.807, 2.05) is 0 Å². The number of nitro groups is 1. The van der Waals surface area contributed by atoms with Crippen molar-refractivity contribution < 1.29 is 9.31 Å². The predicted octanol–water partition coefficient (Wildman–Crippen LogP) is 2.14. The second-order valence-electron chi connectivity index (χ2n) is 3.82. The summed E-state index contributed by atoms with van der Waals surface area (Å²) in [6.07, 6.45) is 1.99. The van der Waals surface area contributed by atoms with Gasteiger partial charge in [0.05, 0.1) is 11.0 Å². The van der Waals surface area contributed by atoms with Crippen LogP contribution in [0.25, 0.3) is 0 Å². The zero-order chi connectivity index (χ0) is 11.0. The van der Waals surface area contributed by atoms with Crippen molar-refractivity contribution in [3.8, 4) is 0 Å². The maximum Gasteiger partial charge on any atom is 0.277 e. The van der Waals surface area contributed by atoms with Gasteiger partial charge in [-0.1, -0.05) is 0 Å². The van der Waals surface area contributed by atoms with Crippen LogP contribution in [0.4, 0.5) is 10.1 Å². The third kappa shape index (κ3) is 1.97. The summed E-state index contributed by atoms with van der Waals surface area (Å²) in [5, 5.41) is 10.7. The molecule has 0 spiro atoms. The van der Waals surface area contributed by atoms with E-state index in [1.54, 1.807) is 0 Å². The van der Waals surface area contributed by atoms with Crippen LogP contribution in [0.2, 0.25) is 0 Å². The molecule has 0 bridgehead atoms. The highest BCUT2D eigenvalue weighted by Gasteiger charge is 2.33. The topological polar surface area (TPSA) is 69.2 Å². The molecule has 0 heterocycles. The van der Waals surface area contributed by atoms with Gasteiger partial charge < -0.3 is 5.73 Å². The molecule has 0 radical (unpaired) electrons. The Labute approximate surface area is 86.0 Å². The van der Waals surface area contributed by atoms with E-state index in [2.05, 4.69) is 0 Å². The lowest BCUT2D eigenvalue weighted by Gasteiger charge is -2.10. The summed E-state index contributed by atoms with van der Waals surface area (Å²) < 4.78 is 12.8. The van der Waals surface area contributed by atoms with Gasteiger partial charge in [0.2, 0.25) is 0 Å². The van der Waals surface area contributed by atoms with Crippen LogP contribution in [-0.4, -0.2) is 4.92 Å². The molecule has 1 fully saturated rings. The van der Waals surface area contributed by atoms with E-state index < -0.39 is 10.7 Å². The summed E-state index contributed by atoms with van der Waals surface area (Å²) in [6.45, 7) is 0. The highest BCUT2D eigenvalue weighted by Crippen LogP contribution is 2.41.